The molecule has 8 nitrogen and oxygen atoms in total. The molecule has 0 radical (unpaired) electrons. The molecule has 1 aliphatic rings. The van der Waals surface area contributed by atoms with E-state index in [0.717, 1.165) is 11.1 Å². The summed E-state index contributed by atoms with van der Waals surface area (Å²) in [7, 11) is 6.06. The Morgan fingerprint density at radius 3 is 1.88 bits per heavy atom. The molecule has 1 amide bonds. The van der Waals surface area contributed by atoms with Gasteiger partial charge in [-0.3, -0.25) is 4.79 Å². The lowest BCUT2D eigenvalue weighted by Gasteiger charge is -2.48. The summed E-state index contributed by atoms with van der Waals surface area (Å²) in [6.07, 6.45) is 0. The van der Waals surface area contributed by atoms with Crippen molar-refractivity contribution in [1.82, 2.24) is 0 Å². The molecule has 8 heteroatoms. The van der Waals surface area contributed by atoms with Crippen molar-refractivity contribution in [1.29, 1.82) is 0 Å². The predicted octanol–water partition coefficient (Wildman–Crippen LogP) is 3.88. The van der Waals surface area contributed by atoms with Gasteiger partial charge in [-0.1, -0.05) is 18.2 Å². The summed E-state index contributed by atoms with van der Waals surface area (Å²) in [6, 6.07) is 15.4. The van der Waals surface area contributed by atoms with Crippen LogP contribution in [0.2, 0.25) is 0 Å². The van der Waals surface area contributed by atoms with Crippen LogP contribution < -0.4 is 29.6 Å². The van der Waals surface area contributed by atoms with E-state index in [1.807, 2.05) is 18.2 Å². The zero-order chi connectivity index (χ0) is 23.7. The maximum atomic E-state index is 13.5. The number of benzene rings is 3. The van der Waals surface area contributed by atoms with Crippen molar-refractivity contribution in [3.63, 3.8) is 0 Å². The zero-order valence-electron chi connectivity index (χ0n) is 18.9. The number of nitrogens with zero attached hydrogens (tertiary/aromatic N) is 1. The first-order valence-corrected chi connectivity index (χ1v) is 10.3. The van der Waals surface area contributed by atoms with Crippen LogP contribution in [-0.4, -0.2) is 39.5 Å². The van der Waals surface area contributed by atoms with Gasteiger partial charge in [-0.2, -0.15) is 0 Å². The fraction of sp³-hybridized carbons (Fsp3) is 0.240. The summed E-state index contributed by atoms with van der Waals surface area (Å²) in [5.74, 6) is 1.10. The molecule has 3 aromatic rings. The average Bonchev–Trinajstić information content (AvgIpc) is 2.82. The molecule has 0 aromatic heterocycles. The number of aromatic hydroxyl groups is 1. The minimum absolute atomic E-state index is 0.00440. The number of hydrogen-bond donors (Lipinski definition) is 2. The molecule has 1 fully saturated rings. The van der Waals surface area contributed by atoms with Crippen LogP contribution in [0.25, 0.3) is 0 Å². The van der Waals surface area contributed by atoms with Crippen LogP contribution in [0.15, 0.2) is 54.6 Å². The maximum Gasteiger partial charge on any atom is 0.237 e. The highest BCUT2D eigenvalue weighted by Gasteiger charge is 2.50. The van der Waals surface area contributed by atoms with Gasteiger partial charge >= 0.3 is 0 Å². The number of phenolic OH excluding ortho intramolecular Hbond substituents is 1. The van der Waals surface area contributed by atoms with Crippen LogP contribution in [0, 0.1) is 0 Å². The summed E-state index contributed by atoms with van der Waals surface area (Å²) < 4.78 is 21.5. The van der Waals surface area contributed by atoms with Gasteiger partial charge in [-0.25, -0.2) is 0 Å². The summed E-state index contributed by atoms with van der Waals surface area (Å²) in [6.45, 7) is 0. The van der Waals surface area contributed by atoms with Crippen molar-refractivity contribution in [3.05, 3.63) is 65.7 Å². The second kappa shape index (κ2) is 8.82. The number of rotatable bonds is 7. The molecule has 1 saturated heterocycles. The van der Waals surface area contributed by atoms with E-state index in [9.17, 15) is 9.90 Å². The number of carbonyl (C=O) groups is 1. The van der Waals surface area contributed by atoms with Crippen molar-refractivity contribution in [2.45, 2.75) is 12.0 Å². The number of ether oxygens (including phenoxy) is 4. The number of hydrogen-bond acceptors (Lipinski definition) is 7. The van der Waals surface area contributed by atoms with E-state index in [1.54, 1.807) is 41.3 Å². The Morgan fingerprint density at radius 1 is 0.788 bits per heavy atom. The van der Waals surface area contributed by atoms with Crippen LogP contribution in [-0.2, 0) is 4.79 Å². The quantitative estimate of drug-likeness (QED) is 0.416. The van der Waals surface area contributed by atoms with Gasteiger partial charge < -0.3 is 34.7 Å². The third kappa shape index (κ3) is 3.73. The van der Waals surface area contributed by atoms with Crippen LogP contribution in [0.3, 0.4) is 0 Å². The Hall–Kier alpha value is -4.07. The summed E-state index contributed by atoms with van der Waals surface area (Å²) in [5.41, 5.74) is 8.63. The molecule has 3 aromatic carbocycles. The van der Waals surface area contributed by atoms with E-state index in [2.05, 4.69) is 0 Å². The monoisotopic (exact) mass is 450 g/mol. The Kier molecular flexibility index (Phi) is 5.91. The fourth-order valence-electron chi connectivity index (χ4n) is 4.24. The van der Waals surface area contributed by atoms with E-state index in [0.29, 0.717) is 34.4 Å². The highest BCUT2D eigenvalue weighted by atomic mass is 16.5. The van der Waals surface area contributed by atoms with E-state index >= 15 is 0 Å². The molecule has 2 atom stereocenters. The summed E-state index contributed by atoms with van der Waals surface area (Å²) in [4.78, 5) is 15.1. The topological polar surface area (TPSA) is 103 Å². The second-order valence-corrected chi connectivity index (χ2v) is 7.61. The van der Waals surface area contributed by atoms with Gasteiger partial charge in [0.1, 0.15) is 0 Å². The fourth-order valence-corrected chi connectivity index (χ4v) is 4.24. The predicted molar refractivity (Wildman–Crippen MR) is 125 cm³/mol. The SMILES string of the molecule is COc1ccc(C2C(c3ccc(N)cc3)C(=O)N2c2cc(OC)c(OC)c(OC)c2)cc1O. The van der Waals surface area contributed by atoms with Gasteiger partial charge in [0.25, 0.3) is 0 Å². The van der Waals surface area contributed by atoms with E-state index in [4.69, 9.17) is 24.7 Å². The maximum absolute atomic E-state index is 13.5. The average molecular weight is 450 g/mol. The molecule has 0 spiro atoms. The normalized spacial score (nSPS) is 17.3. The molecule has 172 valence electrons. The highest BCUT2D eigenvalue weighted by Crippen LogP contribution is 2.52. The van der Waals surface area contributed by atoms with E-state index in [-0.39, 0.29) is 17.7 Å². The molecule has 2 unspecified atom stereocenters. The largest absolute Gasteiger partial charge is 0.504 e. The number of phenols is 1. The molecule has 4 rings (SSSR count). The molecular formula is C25H26N2O6. The van der Waals surface area contributed by atoms with Gasteiger partial charge in [0.15, 0.2) is 23.0 Å². The van der Waals surface area contributed by atoms with Gasteiger partial charge in [-0.15, -0.1) is 0 Å². The number of nitrogens with two attached hydrogens (primary N) is 1. The standard InChI is InChI=1S/C25H26N2O6/c1-30-19-10-7-15(11-18(19)28)23-22(14-5-8-16(26)9-6-14)25(29)27(23)17-12-20(31-2)24(33-4)21(13-17)32-3/h5-13,22-23,28H,26H2,1-4H3. The lowest BCUT2D eigenvalue weighted by molar-refractivity contribution is -0.126. The number of β-lactam (4-membered cyclic amide) rings is 1. The van der Waals surface area contributed by atoms with Crippen molar-refractivity contribution in [2.75, 3.05) is 39.1 Å². The number of anilines is 2. The van der Waals surface area contributed by atoms with Crippen molar-refractivity contribution in [2.24, 2.45) is 0 Å². The first kappa shape index (κ1) is 22.1. The smallest absolute Gasteiger partial charge is 0.237 e. The Morgan fingerprint density at radius 2 is 1.36 bits per heavy atom. The van der Waals surface area contributed by atoms with Crippen LogP contribution in [0.1, 0.15) is 23.1 Å². The number of carbonyl (C=O) groups excluding carboxylic acids is 1. The van der Waals surface area contributed by atoms with Gasteiger partial charge in [0.05, 0.1) is 46.1 Å². The molecule has 1 aliphatic heterocycles. The van der Waals surface area contributed by atoms with Gasteiger partial charge in [0, 0.05) is 17.8 Å². The Balaban J connectivity index is 1.84. The first-order valence-electron chi connectivity index (χ1n) is 10.3. The van der Waals surface area contributed by atoms with Gasteiger partial charge in [-0.05, 0) is 35.4 Å². The number of nitrogen functional groups attached to an aromatic ring is 1. The lowest BCUT2D eigenvalue weighted by Crippen LogP contribution is -2.53. The third-order valence-corrected chi connectivity index (χ3v) is 5.87. The lowest BCUT2D eigenvalue weighted by atomic mass is 9.77. The molecule has 3 N–H and O–H groups in total. The Bertz CT molecular complexity index is 1150. The number of methoxy groups -OCH3 is 4. The van der Waals surface area contributed by atoms with Crippen LogP contribution in [0.4, 0.5) is 11.4 Å². The van der Waals surface area contributed by atoms with E-state index < -0.39 is 5.92 Å². The molecular weight excluding hydrogens is 424 g/mol. The summed E-state index contributed by atoms with van der Waals surface area (Å²) in [5, 5.41) is 10.4. The minimum Gasteiger partial charge on any atom is -0.504 e. The number of amides is 1. The van der Waals surface area contributed by atoms with Gasteiger partial charge in [0.2, 0.25) is 11.7 Å². The molecule has 0 bridgehead atoms. The molecule has 0 aliphatic carbocycles. The molecule has 1 heterocycles. The second-order valence-electron chi connectivity index (χ2n) is 7.61. The Labute approximate surface area is 192 Å². The minimum atomic E-state index is -0.461. The van der Waals surface area contributed by atoms with Crippen molar-refractivity contribution >= 4 is 17.3 Å². The summed E-state index contributed by atoms with van der Waals surface area (Å²) >= 11 is 0. The van der Waals surface area contributed by atoms with Crippen LogP contribution in [0.5, 0.6) is 28.7 Å². The van der Waals surface area contributed by atoms with E-state index in [1.165, 1.54) is 28.4 Å². The molecule has 0 saturated carbocycles. The third-order valence-electron chi connectivity index (χ3n) is 5.87. The van der Waals surface area contributed by atoms with Crippen molar-refractivity contribution < 1.29 is 28.8 Å². The highest BCUT2D eigenvalue weighted by molar-refractivity contribution is 6.07. The van der Waals surface area contributed by atoms with Crippen molar-refractivity contribution in [3.8, 4) is 28.7 Å². The zero-order valence-corrected chi connectivity index (χ0v) is 18.9. The van der Waals surface area contributed by atoms with Crippen LogP contribution >= 0.6 is 0 Å². The first-order chi connectivity index (χ1) is 15.9. The molecule has 33 heavy (non-hydrogen) atoms.